The Morgan fingerprint density at radius 3 is 2.41 bits per heavy atom. The van der Waals surface area contributed by atoms with Gasteiger partial charge in [0.25, 0.3) is 5.91 Å². The minimum atomic E-state index is -1.74. The average molecular weight is 471 g/mol. The third kappa shape index (κ3) is 5.46. The van der Waals surface area contributed by atoms with E-state index in [9.17, 15) is 28.8 Å². The van der Waals surface area contributed by atoms with Crippen molar-refractivity contribution in [1.29, 1.82) is 0 Å². The van der Waals surface area contributed by atoms with Gasteiger partial charge in [-0.25, -0.2) is 0 Å². The molecular weight excluding hydrogens is 440 g/mol. The summed E-state index contributed by atoms with van der Waals surface area (Å²) in [5.41, 5.74) is -1.74. The van der Waals surface area contributed by atoms with E-state index >= 15 is 0 Å². The average Bonchev–Trinajstić information content (AvgIpc) is 3.23. The summed E-state index contributed by atoms with van der Waals surface area (Å²) in [5.74, 6) is -3.26. The molecule has 10 nitrogen and oxygen atoms in total. The Morgan fingerprint density at radius 2 is 1.81 bits per heavy atom. The first-order chi connectivity index (χ1) is 14.9. The molecule has 178 valence electrons. The van der Waals surface area contributed by atoms with Crippen LogP contribution >= 0.6 is 11.6 Å². The molecule has 0 aliphatic carbocycles. The molecule has 0 spiro atoms. The van der Waals surface area contributed by atoms with Crippen LogP contribution in [0.3, 0.4) is 0 Å². The van der Waals surface area contributed by atoms with Gasteiger partial charge in [0.15, 0.2) is 17.1 Å². The van der Waals surface area contributed by atoms with Crippen molar-refractivity contribution in [2.75, 3.05) is 12.4 Å². The Morgan fingerprint density at radius 1 is 1.16 bits per heavy atom. The number of amides is 4. The van der Waals surface area contributed by atoms with Crippen LogP contribution in [0.2, 0.25) is 0 Å². The van der Waals surface area contributed by atoms with Gasteiger partial charge in [0.1, 0.15) is 12.1 Å². The van der Waals surface area contributed by atoms with Crippen LogP contribution in [0.4, 0.5) is 0 Å². The highest BCUT2D eigenvalue weighted by atomic mass is 35.5. The number of piperidine rings is 1. The van der Waals surface area contributed by atoms with E-state index in [1.807, 2.05) is 0 Å². The molecular formula is C21H31ClN4O6. The van der Waals surface area contributed by atoms with Crippen LogP contribution in [0.25, 0.3) is 0 Å². The Labute approximate surface area is 192 Å². The molecule has 2 heterocycles. The van der Waals surface area contributed by atoms with Gasteiger partial charge in [-0.3, -0.25) is 28.8 Å². The number of alkyl halides is 1. The summed E-state index contributed by atoms with van der Waals surface area (Å²) < 4.78 is 0. The van der Waals surface area contributed by atoms with Crippen LogP contribution in [-0.2, 0) is 28.8 Å². The lowest BCUT2D eigenvalue weighted by molar-refractivity contribution is -0.147. The van der Waals surface area contributed by atoms with Crippen LogP contribution in [0, 0.1) is 5.92 Å². The van der Waals surface area contributed by atoms with Crippen molar-refractivity contribution in [3.05, 3.63) is 0 Å². The smallest absolute Gasteiger partial charge is 0.253 e. The summed E-state index contributed by atoms with van der Waals surface area (Å²) in [6, 6.07) is -2.56. The molecule has 0 aromatic carbocycles. The minimum absolute atomic E-state index is 0.0182. The van der Waals surface area contributed by atoms with Crippen molar-refractivity contribution < 1.29 is 28.8 Å². The number of ketones is 2. The fourth-order valence-electron chi connectivity index (χ4n) is 3.98. The van der Waals surface area contributed by atoms with Crippen molar-refractivity contribution >= 4 is 46.8 Å². The summed E-state index contributed by atoms with van der Waals surface area (Å²) in [6.45, 7) is 6.66. The van der Waals surface area contributed by atoms with Crippen LogP contribution < -0.4 is 16.0 Å². The van der Waals surface area contributed by atoms with Crippen LogP contribution in [0.5, 0.6) is 0 Å². The summed E-state index contributed by atoms with van der Waals surface area (Å²) in [7, 11) is 0. The highest BCUT2D eigenvalue weighted by molar-refractivity contribution is 6.28. The van der Waals surface area contributed by atoms with E-state index < -0.39 is 53.1 Å². The molecule has 32 heavy (non-hydrogen) atoms. The Bertz CT molecular complexity index is 816. The van der Waals surface area contributed by atoms with Crippen molar-refractivity contribution in [3.8, 4) is 0 Å². The molecule has 2 rings (SSSR count). The van der Waals surface area contributed by atoms with Crippen molar-refractivity contribution in [3.63, 3.8) is 0 Å². The quantitative estimate of drug-likeness (QED) is 0.327. The number of hydrogen-bond acceptors (Lipinski definition) is 6. The van der Waals surface area contributed by atoms with Crippen LogP contribution in [-0.4, -0.2) is 76.2 Å². The number of nitrogens with zero attached hydrogens (tertiary/aromatic N) is 1. The Balaban J connectivity index is 2.06. The molecule has 0 radical (unpaired) electrons. The maximum atomic E-state index is 13.0. The fraction of sp³-hybridized carbons (Fsp3) is 0.714. The number of rotatable bonds is 8. The van der Waals surface area contributed by atoms with E-state index in [2.05, 4.69) is 16.0 Å². The summed E-state index contributed by atoms with van der Waals surface area (Å²) in [4.78, 5) is 75.9. The third-order valence-electron chi connectivity index (χ3n) is 5.98. The largest absolute Gasteiger partial charge is 0.344 e. The van der Waals surface area contributed by atoms with E-state index in [1.165, 1.54) is 18.7 Å². The number of carbonyl (C=O) groups is 6. The van der Waals surface area contributed by atoms with Gasteiger partial charge >= 0.3 is 0 Å². The highest BCUT2D eigenvalue weighted by Gasteiger charge is 2.46. The molecule has 0 bridgehead atoms. The van der Waals surface area contributed by atoms with Gasteiger partial charge in [0.2, 0.25) is 17.7 Å². The van der Waals surface area contributed by atoms with Crippen molar-refractivity contribution in [2.24, 2.45) is 5.92 Å². The molecule has 0 unspecified atom stereocenters. The van der Waals surface area contributed by atoms with E-state index in [-0.39, 0.29) is 30.4 Å². The van der Waals surface area contributed by atoms with Gasteiger partial charge < -0.3 is 20.9 Å². The summed E-state index contributed by atoms with van der Waals surface area (Å²) >= 11 is 5.64. The Hall–Kier alpha value is -2.49. The zero-order valence-corrected chi connectivity index (χ0v) is 19.6. The lowest BCUT2D eigenvalue weighted by Gasteiger charge is -2.33. The lowest BCUT2D eigenvalue weighted by Crippen LogP contribution is -2.66. The molecule has 0 saturated carbocycles. The normalized spacial score (nSPS) is 25.2. The maximum Gasteiger partial charge on any atom is 0.253 e. The van der Waals surface area contributed by atoms with Gasteiger partial charge in [-0.2, -0.15) is 0 Å². The second kappa shape index (κ2) is 10.4. The molecule has 0 aromatic heterocycles. The first-order valence-corrected chi connectivity index (χ1v) is 11.3. The number of likely N-dealkylation sites (tertiary alicyclic amines) is 1. The number of carbonyl (C=O) groups excluding carboxylic acids is 6. The molecule has 2 fully saturated rings. The van der Waals surface area contributed by atoms with Crippen LogP contribution in [0.1, 0.15) is 53.4 Å². The maximum absolute atomic E-state index is 13.0. The van der Waals surface area contributed by atoms with Gasteiger partial charge in [-0.1, -0.05) is 13.8 Å². The number of Topliss-reactive ketones (excluding diaryl/α,β-unsaturated/α-hetero) is 2. The fourth-order valence-corrected chi connectivity index (χ4v) is 4.14. The molecule has 11 heteroatoms. The van der Waals surface area contributed by atoms with E-state index in [1.54, 1.807) is 13.8 Å². The van der Waals surface area contributed by atoms with Gasteiger partial charge in [-0.15, -0.1) is 11.6 Å². The zero-order chi connectivity index (χ0) is 24.2. The SMILES string of the molecule is CC(C)[C@H](NC(=O)[C@@H]1CCCN1C(=O)[C@H](C)NC(=O)[C@]1(C)NC(=O)CCC1=O)C(=O)CCl. The number of nitrogens with one attached hydrogen (secondary N) is 3. The molecule has 4 atom stereocenters. The minimum Gasteiger partial charge on any atom is -0.344 e. The molecule has 2 aliphatic heterocycles. The first kappa shape index (κ1) is 25.8. The molecule has 2 aliphatic rings. The van der Waals surface area contributed by atoms with E-state index in [0.29, 0.717) is 19.4 Å². The topological polar surface area (TPSA) is 142 Å². The molecule has 2 saturated heterocycles. The monoisotopic (exact) mass is 470 g/mol. The standard InChI is InChI=1S/C21H31ClN4O6/c1-11(2)17(14(27)10-22)24-18(30)13-6-5-9-26(13)19(31)12(3)23-20(32)21(4)15(28)7-8-16(29)25-21/h11-13,17H,5-10H2,1-4H3,(H,23,32)(H,24,30)(H,25,29)/t12-,13-,17-,21+/m0/s1. The second-order valence-corrected chi connectivity index (χ2v) is 9.08. The predicted octanol–water partition coefficient (Wildman–Crippen LogP) is -0.331. The number of halogens is 1. The second-order valence-electron chi connectivity index (χ2n) is 8.81. The molecule has 4 amide bonds. The van der Waals surface area contributed by atoms with E-state index in [4.69, 9.17) is 11.6 Å². The van der Waals surface area contributed by atoms with Crippen molar-refractivity contribution in [1.82, 2.24) is 20.9 Å². The summed E-state index contributed by atoms with van der Waals surface area (Å²) in [6.07, 6.45) is 0.978. The first-order valence-electron chi connectivity index (χ1n) is 10.8. The molecule has 3 N–H and O–H groups in total. The predicted molar refractivity (Wildman–Crippen MR) is 116 cm³/mol. The van der Waals surface area contributed by atoms with Crippen LogP contribution in [0.15, 0.2) is 0 Å². The van der Waals surface area contributed by atoms with Gasteiger partial charge in [0.05, 0.1) is 11.9 Å². The number of hydrogen-bond donors (Lipinski definition) is 3. The summed E-state index contributed by atoms with van der Waals surface area (Å²) in [5, 5.41) is 7.59. The Kier molecular flexibility index (Phi) is 8.39. The van der Waals surface area contributed by atoms with Gasteiger partial charge in [-0.05, 0) is 32.6 Å². The third-order valence-corrected chi connectivity index (χ3v) is 6.24. The van der Waals surface area contributed by atoms with E-state index in [0.717, 1.165) is 0 Å². The zero-order valence-electron chi connectivity index (χ0n) is 18.8. The van der Waals surface area contributed by atoms with Crippen molar-refractivity contribution in [2.45, 2.75) is 77.0 Å². The highest BCUT2D eigenvalue weighted by Crippen LogP contribution is 2.21. The molecule has 0 aromatic rings. The van der Waals surface area contributed by atoms with Gasteiger partial charge in [0, 0.05) is 19.4 Å². The lowest BCUT2D eigenvalue weighted by atomic mass is 9.88.